The molecule has 122 valence electrons. The third kappa shape index (κ3) is 4.50. The number of amides is 1. The van der Waals surface area contributed by atoms with Crippen LogP contribution in [0.25, 0.3) is 0 Å². The number of benzene rings is 2. The van der Waals surface area contributed by atoms with Gasteiger partial charge >= 0.3 is 0 Å². The van der Waals surface area contributed by atoms with Gasteiger partial charge in [0, 0.05) is 35.4 Å². The monoisotopic (exact) mass is 330 g/mol. The Bertz CT molecular complexity index is 671. The summed E-state index contributed by atoms with van der Waals surface area (Å²) in [4.78, 5) is 15.5. The second-order valence-electron chi connectivity index (χ2n) is 5.33. The molecule has 2 aromatic carbocycles. The van der Waals surface area contributed by atoms with Crippen molar-refractivity contribution in [1.29, 1.82) is 0 Å². The van der Waals surface area contributed by atoms with Crippen LogP contribution in [0.4, 0.5) is 11.4 Å². The normalized spacial score (nSPS) is 10.4. The standard InChI is InChI=1S/C18H22N2O2S/c1-13-4-9-16(23-3)12-17(13)18(22)19-14-5-7-15(8-6-14)20(2)10-11-21/h4-9,12,21H,10-11H2,1-3H3,(H,19,22). The molecule has 0 heterocycles. The van der Waals surface area contributed by atoms with Crippen LogP contribution in [-0.4, -0.2) is 37.5 Å². The maximum Gasteiger partial charge on any atom is 0.255 e. The van der Waals surface area contributed by atoms with Gasteiger partial charge in [-0.3, -0.25) is 4.79 Å². The van der Waals surface area contributed by atoms with Gasteiger partial charge in [0.05, 0.1) is 6.61 Å². The lowest BCUT2D eigenvalue weighted by atomic mass is 10.1. The molecule has 0 spiro atoms. The number of hydrogen-bond acceptors (Lipinski definition) is 4. The molecule has 0 atom stereocenters. The molecule has 2 aromatic rings. The molecule has 0 aromatic heterocycles. The number of nitrogens with zero attached hydrogens (tertiary/aromatic N) is 1. The third-order valence-electron chi connectivity index (χ3n) is 3.69. The van der Waals surface area contributed by atoms with Crippen molar-refractivity contribution in [2.75, 3.05) is 36.7 Å². The summed E-state index contributed by atoms with van der Waals surface area (Å²) in [5.74, 6) is -0.102. The van der Waals surface area contributed by atoms with Crippen molar-refractivity contribution >= 4 is 29.0 Å². The smallest absolute Gasteiger partial charge is 0.255 e. The number of anilines is 2. The highest BCUT2D eigenvalue weighted by molar-refractivity contribution is 7.98. The predicted octanol–water partition coefficient (Wildman–Crippen LogP) is 3.40. The van der Waals surface area contributed by atoms with Crippen molar-refractivity contribution in [3.05, 3.63) is 53.6 Å². The molecule has 0 unspecified atom stereocenters. The Morgan fingerprint density at radius 1 is 1.22 bits per heavy atom. The molecular formula is C18H22N2O2S. The van der Waals surface area contributed by atoms with Crippen molar-refractivity contribution in [2.45, 2.75) is 11.8 Å². The Kier molecular flexibility index (Phi) is 6.07. The summed E-state index contributed by atoms with van der Waals surface area (Å²) in [6.07, 6.45) is 1.99. The van der Waals surface area contributed by atoms with Crippen LogP contribution >= 0.6 is 11.8 Å². The first kappa shape index (κ1) is 17.4. The molecule has 0 saturated carbocycles. The summed E-state index contributed by atoms with van der Waals surface area (Å²) in [6.45, 7) is 2.62. The maximum atomic E-state index is 12.5. The van der Waals surface area contributed by atoms with E-state index < -0.39 is 0 Å². The van der Waals surface area contributed by atoms with E-state index in [4.69, 9.17) is 5.11 Å². The van der Waals surface area contributed by atoms with Crippen molar-refractivity contribution in [3.8, 4) is 0 Å². The maximum absolute atomic E-state index is 12.5. The van der Waals surface area contributed by atoms with E-state index in [9.17, 15) is 4.79 Å². The van der Waals surface area contributed by atoms with Crippen LogP contribution in [0, 0.1) is 6.92 Å². The van der Waals surface area contributed by atoms with Crippen molar-refractivity contribution in [2.24, 2.45) is 0 Å². The van der Waals surface area contributed by atoms with Gasteiger partial charge in [-0.25, -0.2) is 0 Å². The molecule has 2 rings (SSSR count). The van der Waals surface area contributed by atoms with E-state index in [-0.39, 0.29) is 12.5 Å². The Balaban J connectivity index is 2.11. The first-order valence-corrected chi connectivity index (χ1v) is 8.65. The quantitative estimate of drug-likeness (QED) is 0.797. The highest BCUT2D eigenvalue weighted by Crippen LogP contribution is 2.21. The van der Waals surface area contributed by atoms with Gasteiger partial charge < -0.3 is 15.3 Å². The van der Waals surface area contributed by atoms with Crippen LogP contribution in [0.2, 0.25) is 0 Å². The highest BCUT2D eigenvalue weighted by Gasteiger charge is 2.10. The fraction of sp³-hybridized carbons (Fsp3) is 0.278. The Labute approximate surface area is 141 Å². The number of aliphatic hydroxyl groups is 1. The van der Waals surface area contributed by atoms with Crippen molar-refractivity contribution < 1.29 is 9.90 Å². The lowest BCUT2D eigenvalue weighted by molar-refractivity contribution is 0.102. The Morgan fingerprint density at radius 3 is 2.52 bits per heavy atom. The first-order chi connectivity index (χ1) is 11.0. The molecule has 0 aliphatic carbocycles. The number of thioether (sulfide) groups is 1. The molecule has 0 radical (unpaired) electrons. The van der Waals surface area contributed by atoms with Crippen molar-refractivity contribution in [3.63, 3.8) is 0 Å². The molecule has 1 amide bonds. The third-order valence-corrected chi connectivity index (χ3v) is 4.42. The minimum absolute atomic E-state index is 0.102. The summed E-state index contributed by atoms with van der Waals surface area (Å²) in [5.41, 5.74) is 3.40. The number of aryl methyl sites for hydroxylation is 1. The number of carbonyl (C=O) groups excluding carboxylic acids is 1. The van der Waals surface area contributed by atoms with Gasteiger partial charge in [-0.15, -0.1) is 11.8 Å². The Hall–Kier alpha value is -1.98. The molecule has 0 bridgehead atoms. The second kappa shape index (κ2) is 8.04. The fourth-order valence-corrected chi connectivity index (χ4v) is 2.69. The molecule has 0 saturated heterocycles. The van der Waals surface area contributed by atoms with E-state index in [0.29, 0.717) is 12.1 Å². The van der Waals surface area contributed by atoms with Crippen LogP contribution in [0.1, 0.15) is 15.9 Å². The van der Waals surface area contributed by atoms with Crippen LogP contribution in [0.3, 0.4) is 0 Å². The lowest BCUT2D eigenvalue weighted by Gasteiger charge is -2.18. The van der Waals surface area contributed by atoms with E-state index in [1.807, 2.05) is 67.6 Å². The average Bonchev–Trinajstić information content (AvgIpc) is 2.56. The molecule has 2 N–H and O–H groups in total. The van der Waals surface area contributed by atoms with Gasteiger partial charge in [-0.2, -0.15) is 0 Å². The highest BCUT2D eigenvalue weighted by atomic mass is 32.2. The SMILES string of the molecule is CSc1ccc(C)c(C(=O)Nc2ccc(N(C)CCO)cc2)c1. The van der Waals surface area contributed by atoms with Gasteiger partial charge in [-0.05, 0) is 55.1 Å². The van der Waals surface area contributed by atoms with E-state index in [0.717, 1.165) is 21.8 Å². The zero-order valence-corrected chi connectivity index (χ0v) is 14.5. The number of rotatable bonds is 6. The molecule has 0 aliphatic rings. The average molecular weight is 330 g/mol. The molecule has 5 heteroatoms. The summed E-state index contributed by atoms with van der Waals surface area (Å²) >= 11 is 1.62. The van der Waals surface area contributed by atoms with Gasteiger partial charge in [0.2, 0.25) is 0 Å². The van der Waals surface area contributed by atoms with Gasteiger partial charge in [0.15, 0.2) is 0 Å². The Morgan fingerprint density at radius 2 is 1.91 bits per heavy atom. The second-order valence-corrected chi connectivity index (χ2v) is 6.21. The number of carbonyl (C=O) groups is 1. The molecule has 4 nitrogen and oxygen atoms in total. The summed E-state index contributed by atoms with van der Waals surface area (Å²) in [6, 6.07) is 13.5. The van der Waals surface area contributed by atoms with Crippen LogP contribution in [0.5, 0.6) is 0 Å². The van der Waals surface area contributed by atoms with E-state index in [2.05, 4.69) is 5.32 Å². The molecule has 23 heavy (non-hydrogen) atoms. The zero-order chi connectivity index (χ0) is 16.8. The van der Waals surface area contributed by atoms with Crippen molar-refractivity contribution in [1.82, 2.24) is 0 Å². The predicted molar refractivity (Wildman–Crippen MR) is 97.7 cm³/mol. The van der Waals surface area contributed by atoms with E-state index >= 15 is 0 Å². The molecular weight excluding hydrogens is 308 g/mol. The minimum Gasteiger partial charge on any atom is -0.395 e. The topological polar surface area (TPSA) is 52.6 Å². The molecule has 0 fully saturated rings. The van der Waals surface area contributed by atoms with Crippen LogP contribution in [0.15, 0.2) is 47.4 Å². The zero-order valence-electron chi connectivity index (χ0n) is 13.7. The molecule has 0 aliphatic heterocycles. The van der Waals surface area contributed by atoms with Gasteiger partial charge in [0.25, 0.3) is 5.91 Å². The number of nitrogens with one attached hydrogen (secondary N) is 1. The number of hydrogen-bond donors (Lipinski definition) is 2. The van der Waals surface area contributed by atoms with Crippen LogP contribution < -0.4 is 10.2 Å². The van der Waals surface area contributed by atoms with Gasteiger partial charge in [-0.1, -0.05) is 6.07 Å². The number of likely N-dealkylation sites (N-methyl/N-ethyl adjacent to an activating group) is 1. The summed E-state index contributed by atoms with van der Waals surface area (Å²) in [7, 11) is 1.92. The van der Waals surface area contributed by atoms with E-state index in [1.165, 1.54) is 0 Å². The largest absolute Gasteiger partial charge is 0.395 e. The summed E-state index contributed by atoms with van der Waals surface area (Å²) in [5, 5.41) is 11.9. The summed E-state index contributed by atoms with van der Waals surface area (Å²) < 4.78 is 0. The minimum atomic E-state index is -0.102. The lowest BCUT2D eigenvalue weighted by Crippen LogP contribution is -2.21. The fourth-order valence-electron chi connectivity index (χ4n) is 2.25. The van der Waals surface area contributed by atoms with Crippen LogP contribution in [-0.2, 0) is 0 Å². The first-order valence-electron chi connectivity index (χ1n) is 7.43. The van der Waals surface area contributed by atoms with E-state index in [1.54, 1.807) is 11.8 Å². The van der Waals surface area contributed by atoms with Gasteiger partial charge in [0.1, 0.15) is 0 Å². The number of aliphatic hydroxyl groups excluding tert-OH is 1.